The number of carboxylic acid groups (broad SMARTS) is 1. The molecule has 0 aromatic heterocycles. The molecule has 0 aliphatic carbocycles. The summed E-state index contributed by atoms with van der Waals surface area (Å²) in [6.45, 7) is 8.21. The lowest BCUT2D eigenvalue weighted by molar-refractivity contribution is -0.167. The number of carbonyl (C=O) groups is 4. The molecule has 2 N–H and O–H groups in total. The molecule has 0 atom stereocenters. The second kappa shape index (κ2) is 8.37. The quantitative estimate of drug-likeness (QED) is 0.574. The van der Waals surface area contributed by atoms with Crippen LogP contribution in [0, 0.1) is 0 Å². The maximum atomic E-state index is 12.0. The minimum Gasteiger partial charge on any atom is -0.480 e. The molecule has 24 heavy (non-hydrogen) atoms. The van der Waals surface area contributed by atoms with Crippen LogP contribution >= 0.6 is 0 Å². The van der Waals surface area contributed by atoms with Crippen LogP contribution in [0.4, 0.5) is 9.59 Å². The van der Waals surface area contributed by atoms with Crippen molar-refractivity contribution in [1.82, 2.24) is 10.4 Å². The van der Waals surface area contributed by atoms with Crippen molar-refractivity contribution < 1.29 is 38.6 Å². The second-order valence-corrected chi connectivity index (χ2v) is 6.73. The zero-order valence-electron chi connectivity index (χ0n) is 14.7. The van der Waals surface area contributed by atoms with Gasteiger partial charge in [0.1, 0.15) is 17.7 Å². The number of carbonyl (C=O) groups excluding carboxylic acids is 3. The second-order valence-electron chi connectivity index (χ2n) is 6.73. The fourth-order valence-corrected chi connectivity index (χ4v) is 1.22. The molecule has 0 rings (SSSR count). The van der Waals surface area contributed by atoms with Gasteiger partial charge in [-0.3, -0.25) is 4.79 Å². The van der Waals surface area contributed by atoms with Gasteiger partial charge in [-0.1, -0.05) is 0 Å². The van der Waals surface area contributed by atoms with Crippen LogP contribution in [0.15, 0.2) is 0 Å². The topological polar surface area (TPSA) is 131 Å². The molecule has 0 saturated heterocycles. The Bertz CT molecular complexity index is 490. The zero-order chi connectivity index (χ0) is 19.1. The lowest BCUT2D eigenvalue weighted by Crippen LogP contribution is -2.45. The first-order chi connectivity index (χ1) is 10.7. The molecular weight excluding hydrogens is 324 g/mol. The summed E-state index contributed by atoms with van der Waals surface area (Å²) in [5, 5.41) is 10.7. The molecule has 0 saturated carbocycles. The van der Waals surface area contributed by atoms with Crippen LogP contribution in [-0.4, -0.2) is 58.6 Å². The number of aliphatic carboxylic acids is 1. The van der Waals surface area contributed by atoms with Gasteiger partial charge in [0.25, 0.3) is 0 Å². The molecule has 0 heterocycles. The Labute approximate surface area is 140 Å². The van der Waals surface area contributed by atoms with E-state index in [1.807, 2.05) is 5.32 Å². The van der Waals surface area contributed by atoms with Crippen LogP contribution in [-0.2, 0) is 23.9 Å². The third-order valence-corrected chi connectivity index (χ3v) is 1.87. The van der Waals surface area contributed by atoms with Gasteiger partial charge >= 0.3 is 24.1 Å². The maximum Gasteiger partial charge on any atom is 0.444 e. The summed E-state index contributed by atoms with van der Waals surface area (Å²) < 4.78 is 10.0. The highest BCUT2D eigenvalue weighted by atomic mass is 16.8. The summed E-state index contributed by atoms with van der Waals surface area (Å²) in [6, 6.07) is 0. The predicted molar refractivity (Wildman–Crippen MR) is 80.9 cm³/mol. The van der Waals surface area contributed by atoms with E-state index < -0.39 is 48.4 Å². The molecule has 0 fully saturated rings. The summed E-state index contributed by atoms with van der Waals surface area (Å²) in [5.74, 6) is -2.14. The summed E-state index contributed by atoms with van der Waals surface area (Å²) >= 11 is 0. The van der Waals surface area contributed by atoms with Crippen molar-refractivity contribution in [1.29, 1.82) is 0 Å². The molecule has 0 aliphatic rings. The van der Waals surface area contributed by atoms with E-state index in [0.717, 1.165) is 0 Å². The molecule has 10 nitrogen and oxygen atoms in total. The van der Waals surface area contributed by atoms with E-state index in [0.29, 0.717) is 5.06 Å². The molecular formula is C14H24N2O8. The summed E-state index contributed by atoms with van der Waals surface area (Å²) in [7, 11) is 0. The van der Waals surface area contributed by atoms with Crippen molar-refractivity contribution in [3.8, 4) is 0 Å². The SMILES string of the molecule is CC(C)(C)OC(=O)CN(OC(=O)NCC(=O)O)C(=O)OC(C)(C)C. The molecule has 0 spiro atoms. The van der Waals surface area contributed by atoms with Crippen LogP contribution in [0.1, 0.15) is 41.5 Å². The molecule has 0 bridgehead atoms. The fourth-order valence-electron chi connectivity index (χ4n) is 1.22. The van der Waals surface area contributed by atoms with Gasteiger partial charge in [0, 0.05) is 0 Å². The molecule has 2 amide bonds. The van der Waals surface area contributed by atoms with E-state index in [2.05, 4.69) is 4.84 Å². The number of nitrogens with one attached hydrogen (secondary N) is 1. The van der Waals surface area contributed by atoms with Crippen molar-refractivity contribution in [3.63, 3.8) is 0 Å². The normalized spacial score (nSPS) is 11.2. The highest BCUT2D eigenvalue weighted by molar-refractivity contribution is 5.80. The Morgan fingerprint density at radius 1 is 0.958 bits per heavy atom. The van der Waals surface area contributed by atoms with Gasteiger partial charge in [-0.15, -0.1) is 5.06 Å². The van der Waals surface area contributed by atoms with Crippen LogP contribution in [0.25, 0.3) is 0 Å². The number of hydrogen-bond donors (Lipinski definition) is 2. The third kappa shape index (κ3) is 11.1. The highest BCUT2D eigenvalue weighted by Gasteiger charge is 2.29. The van der Waals surface area contributed by atoms with Crippen molar-refractivity contribution in [2.75, 3.05) is 13.1 Å². The number of nitrogens with zero attached hydrogens (tertiary/aromatic N) is 1. The molecule has 0 aliphatic heterocycles. The first-order valence-electron chi connectivity index (χ1n) is 7.09. The molecule has 10 heteroatoms. The Morgan fingerprint density at radius 2 is 1.46 bits per heavy atom. The number of amides is 2. The van der Waals surface area contributed by atoms with E-state index in [1.54, 1.807) is 41.5 Å². The van der Waals surface area contributed by atoms with E-state index in [9.17, 15) is 19.2 Å². The summed E-state index contributed by atoms with van der Waals surface area (Å²) in [6.07, 6.45) is -2.33. The van der Waals surface area contributed by atoms with Crippen LogP contribution < -0.4 is 5.32 Å². The number of esters is 1. The minimum absolute atomic E-state index is 0.358. The molecule has 138 valence electrons. The number of hydroxylamine groups is 2. The Hall–Kier alpha value is -2.52. The molecule has 0 aromatic carbocycles. The van der Waals surface area contributed by atoms with Crippen LogP contribution in [0.2, 0.25) is 0 Å². The standard InChI is InChI=1S/C14H24N2O8/c1-13(2,3)22-10(19)8-16(12(21)23-14(4,5)6)24-11(20)15-7-9(17)18/h7-8H2,1-6H3,(H,15,20)(H,17,18). The summed E-state index contributed by atoms with van der Waals surface area (Å²) in [4.78, 5) is 50.3. The molecule has 0 radical (unpaired) electrons. The van der Waals surface area contributed by atoms with Crippen molar-refractivity contribution in [2.24, 2.45) is 0 Å². The van der Waals surface area contributed by atoms with E-state index >= 15 is 0 Å². The highest BCUT2D eigenvalue weighted by Crippen LogP contribution is 2.12. The number of rotatable bonds is 4. The van der Waals surface area contributed by atoms with Gasteiger partial charge in [-0.2, -0.15) is 0 Å². The number of carboxylic acids is 1. The van der Waals surface area contributed by atoms with Crippen molar-refractivity contribution in [2.45, 2.75) is 52.7 Å². The molecule has 0 aromatic rings. The Balaban J connectivity index is 4.95. The van der Waals surface area contributed by atoms with Crippen LogP contribution in [0.5, 0.6) is 0 Å². The molecule has 0 unspecified atom stereocenters. The van der Waals surface area contributed by atoms with E-state index in [4.69, 9.17) is 14.6 Å². The van der Waals surface area contributed by atoms with E-state index in [1.165, 1.54) is 0 Å². The smallest absolute Gasteiger partial charge is 0.444 e. The number of ether oxygens (including phenoxy) is 2. The van der Waals surface area contributed by atoms with Crippen LogP contribution in [0.3, 0.4) is 0 Å². The third-order valence-electron chi connectivity index (χ3n) is 1.87. The van der Waals surface area contributed by atoms with Gasteiger partial charge < -0.3 is 24.7 Å². The van der Waals surface area contributed by atoms with Gasteiger partial charge in [0.2, 0.25) is 0 Å². The van der Waals surface area contributed by atoms with Gasteiger partial charge in [0.05, 0.1) is 0 Å². The first kappa shape index (κ1) is 21.5. The number of hydrogen-bond acceptors (Lipinski definition) is 7. The zero-order valence-corrected chi connectivity index (χ0v) is 14.7. The lowest BCUT2D eigenvalue weighted by atomic mass is 10.2. The fraction of sp³-hybridized carbons (Fsp3) is 0.714. The minimum atomic E-state index is -1.30. The average Bonchev–Trinajstić information content (AvgIpc) is 2.31. The van der Waals surface area contributed by atoms with E-state index in [-0.39, 0.29) is 0 Å². The van der Waals surface area contributed by atoms with Crippen molar-refractivity contribution in [3.05, 3.63) is 0 Å². The Morgan fingerprint density at radius 3 is 1.88 bits per heavy atom. The average molecular weight is 348 g/mol. The predicted octanol–water partition coefficient (Wildman–Crippen LogP) is 1.29. The van der Waals surface area contributed by atoms with Gasteiger partial charge in [-0.05, 0) is 41.5 Å². The first-order valence-corrected chi connectivity index (χ1v) is 7.09. The Kier molecular flexibility index (Phi) is 7.49. The maximum absolute atomic E-state index is 12.0. The lowest BCUT2D eigenvalue weighted by Gasteiger charge is -2.26. The van der Waals surface area contributed by atoms with Crippen molar-refractivity contribution >= 4 is 24.1 Å². The van der Waals surface area contributed by atoms with Gasteiger partial charge in [-0.25, -0.2) is 14.4 Å². The van der Waals surface area contributed by atoms with Gasteiger partial charge in [0.15, 0.2) is 6.54 Å². The summed E-state index contributed by atoms with van der Waals surface area (Å²) in [5.41, 5.74) is -1.70. The monoisotopic (exact) mass is 348 g/mol. The largest absolute Gasteiger partial charge is 0.480 e.